The van der Waals surface area contributed by atoms with Gasteiger partial charge in [0.25, 0.3) is 5.91 Å². The Morgan fingerprint density at radius 2 is 1.67 bits per heavy atom. The molecule has 2 aromatic carbocycles. The number of hydrogen-bond acceptors (Lipinski definition) is 5. The van der Waals surface area contributed by atoms with Crippen LogP contribution >= 0.6 is 0 Å². The van der Waals surface area contributed by atoms with Crippen molar-refractivity contribution < 1.29 is 23.2 Å². The fraction of sp³-hybridized carbons (Fsp3) is 0.316. The van der Waals surface area contributed by atoms with Crippen LogP contribution in [0.5, 0.6) is 11.5 Å². The topological polar surface area (TPSA) is 95.9 Å². The Balaban J connectivity index is 1.83. The van der Waals surface area contributed by atoms with Crippen LogP contribution in [0.25, 0.3) is 0 Å². The summed E-state index contributed by atoms with van der Waals surface area (Å²) >= 11 is 0. The summed E-state index contributed by atoms with van der Waals surface area (Å²) in [6, 6.07) is 14.4. The summed E-state index contributed by atoms with van der Waals surface area (Å²) in [4.78, 5) is 12.1. The minimum atomic E-state index is -3.87. The molecule has 0 radical (unpaired) electrons. The van der Waals surface area contributed by atoms with Crippen molar-refractivity contribution in [3.63, 3.8) is 0 Å². The number of nitrogens with zero attached hydrogens (tertiary/aromatic N) is 1. The van der Waals surface area contributed by atoms with Crippen molar-refractivity contribution in [2.45, 2.75) is 36.6 Å². The van der Waals surface area contributed by atoms with E-state index >= 15 is 0 Å². The molecule has 0 saturated carbocycles. The van der Waals surface area contributed by atoms with E-state index in [2.05, 4.69) is 0 Å². The van der Waals surface area contributed by atoms with Gasteiger partial charge in [-0.05, 0) is 49.2 Å². The van der Waals surface area contributed by atoms with E-state index in [1.807, 2.05) is 18.2 Å². The van der Waals surface area contributed by atoms with Crippen LogP contribution in [-0.2, 0) is 14.8 Å². The Morgan fingerprint density at radius 1 is 1.00 bits per heavy atom. The van der Waals surface area contributed by atoms with Crippen molar-refractivity contribution in [2.75, 3.05) is 6.54 Å². The smallest absolute Gasteiger partial charge is 0.261 e. The van der Waals surface area contributed by atoms with Gasteiger partial charge in [-0.2, -0.15) is 4.31 Å². The van der Waals surface area contributed by atoms with Crippen LogP contribution < -0.4 is 10.2 Å². The first kappa shape index (κ1) is 19.3. The molecule has 0 spiro atoms. The number of para-hydroxylation sites is 1. The van der Waals surface area contributed by atoms with Gasteiger partial charge in [0.2, 0.25) is 10.0 Å². The van der Waals surface area contributed by atoms with Gasteiger partial charge in [0, 0.05) is 6.54 Å². The number of carbonyl (C=O) groups excluding carboxylic acids is 1. The largest absolute Gasteiger partial charge is 0.457 e. The van der Waals surface area contributed by atoms with Crippen molar-refractivity contribution in [1.82, 2.24) is 9.79 Å². The monoisotopic (exact) mass is 390 g/mol. The molecule has 1 saturated heterocycles. The Kier molecular flexibility index (Phi) is 6.10. The number of rotatable bonds is 5. The fourth-order valence-corrected chi connectivity index (χ4v) is 4.80. The standard InChI is InChI=1S/C19H22N2O5S/c22-19(20-23)18-9-5-2-6-14-21(18)27(24,25)17-12-10-16(11-13-17)26-15-7-3-1-4-8-15/h1,3-4,7-8,10-13,18,23H,2,5-6,9,14H2,(H,20,22)/t18-/m1/s1. The fourth-order valence-electron chi connectivity index (χ4n) is 3.15. The molecule has 1 heterocycles. The van der Waals surface area contributed by atoms with Gasteiger partial charge in [-0.25, -0.2) is 13.9 Å². The zero-order valence-corrected chi connectivity index (χ0v) is 15.6. The molecule has 1 atom stereocenters. The number of hydroxylamine groups is 1. The van der Waals surface area contributed by atoms with Gasteiger partial charge in [-0.1, -0.05) is 31.0 Å². The van der Waals surface area contributed by atoms with E-state index in [1.165, 1.54) is 16.4 Å². The first-order chi connectivity index (χ1) is 13.0. The molecule has 7 nitrogen and oxygen atoms in total. The van der Waals surface area contributed by atoms with E-state index in [1.54, 1.807) is 29.7 Å². The molecule has 1 amide bonds. The van der Waals surface area contributed by atoms with Crippen LogP contribution in [-0.4, -0.2) is 36.4 Å². The third-order valence-corrected chi connectivity index (χ3v) is 6.45. The summed E-state index contributed by atoms with van der Waals surface area (Å²) in [6.45, 7) is 0.239. The second-order valence-electron chi connectivity index (χ2n) is 6.34. The van der Waals surface area contributed by atoms with E-state index in [0.29, 0.717) is 24.3 Å². The highest BCUT2D eigenvalue weighted by Gasteiger charge is 2.36. The average molecular weight is 390 g/mol. The average Bonchev–Trinajstić information content (AvgIpc) is 2.95. The van der Waals surface area contributed by atoms with Gasteiger partial charge in [-0.15, -0.1) is 0 Å². The number of amides is 1. The molecule has 1 fully saturated rings. The van der Waals surface area contributed by atoms with Gasteiger partial charge in [0.1, 0.15) is 17.5 Å². The summed E-state index contributed by atoms with van der Waals surface area (Å²) < 4.78 is 33.0. The van der Waals surface area contributed by atoms with Crippen LogP contribution in [0.1, 0.15) is 25.7 Å². The Labute approximate surface area is 158 Å². The zero-order chi connectivity index (χ0) is 19.3. The number of carbonyl (C=O) groups is 1. The third-order valence-electron chi connectivity index (χ3n) is 4.53. The highest BCUT2D eigenvalue weighted by Crippen LogP contribution is 2.27. The van der Waals surface area contributed by atoms with E-state index < -0.39 is 22.0 Å². The molecule has 3 rings (SSSR count). The number of ether oxygens (including phenoxy) is 1. The number of sulfonamides is 1. The van der Waals surface area contributed by atoms with Crippen molar-refractivity contribution >= 4 is 15.9 Å². The summed E-state index contributed by atoms with van der Waals surface area (Å²) in [5.74, 6) is 0.463. The minimum absolute atomic E-state index is 0.0838. The normalized spacial score (nSPS) is 18.5. The van der Waals surface area contributed by atoms with Crippen LogP contribution in [0.3, 0.4) is 0 Å². The lowest BCUT2D eigenvalue weighted by atomic mass is 10.1. The summed E-state index contributed by atoms with van der Waals surface area (Å²) in [5.41, 5.74) is 1.59. The zero-order valence-electron chi connectivity index (χ0n) is 14.7. The molecule has 2 N–H and O–H groups in total. The molecule has 1 aliphatic heterocycles. The van der Waals surface area contributed by atoms with Crippen molar-refractivity contribution in [3.05, 3.63) is 54.6 Å². The summed E-state index contributed by atoms with van der Waals surface area (Å²) in [6.07, 6.45) is 2.61. The van der Waals surface area contributed by atoms with Gasteiger partial charge in [0.15, 0.2) is 0 Å². The maximum atomic E-state index is 13.1. The van der Waals surface area contributed by atoms with E-state index in [4.69, 9.17) is 9.94 Å². The summed E-state index contributed by atoms with van der Waals surface area (Å²) in [5, 5.41) is 8.97. The number of nitrogens with one attached hydrogen (secondary N) is 1. The van der Waals surface area contributed by atoms with E-state index in [9.17, 15) is 13.2 Å². The number of hydrogen-bond donors (Lipinski definition) is 2. The van der Waals surface area contributed by atoms with Crippen LogP contribution in [0, 0.1) is 0 Å². The van der Waals surface area contributed by atoms with E-state index in [0.717, 1.165) is 12.8 Å². The minimum Gasteiger partial charge on any atom is -0.457 e. The third kappa shape index (κ3) is 4.47. The molecule has 27 heavy (non-hydrogen) atoms. The quantitative estimate of drug-likeness (QED) is 0.604. The predicted molar refractivity (Wildman–Crippen MR) is 99.0 cm³/mol. The second kappa shape index (κ2) is 8.51. The SMILES string of the molecule is O=C(NO)[C@H]1CCCCCN1S(=O)(=O)c1ccc(Oc2ccccc2)cc1. The van der Waals surface area contributed by atoms with Gasteiger partial charge >= 0.3 is 0 Å². The lowest BCUT2D eigenvalue weighted by Crippen LogP contribution is -2.48. The molecule has 2 aromatic rings. The van der Waals surface area contributed by atoms with Crippen molar-refractivity contribution in [2.24, 2.45) is 0 Å². The molecular formula is C19H22N2O5S. The Hall–Kier alpha value is -2.42. The first-order valence-corrected chi connectivity index (χ1v) is 10.2. The molecule has 0 aromatic heterocycles. The highest BCUT2D eigenvalue weighted by atomic mass is 32.2. The maximum Gasteiger partial charge on any atom is 0.261 e. The van der Waals surface area contributed by atoms with Gasteiger partial charge in [-0.3, -0.25) is 10.0 Å². The van der Waals surface area contributed by atoms with Crippen LogP contribution in [0.4, 0.5) is 0 Å². The predicted octanol–water partition coefficient (Wildman–Crippen LogP) is 2.92. The molecular weight excluding hydrogens is 368 g/mol. The molecule has 1 aliphatic rings. The molecule has 0 unspecified atom stereocenters. The van der Waals surface area contributed by atoms with Gasteiger partial charge in [0.05, 0.1) is 4.90 Å². The maximum absolute atomic E-state index is 13.1. The number of benzene rings is 2. The Bertz CT molecular complexity index is 869. The summed E-state index contributed by atoms with van der Waals surface area (Å²) in [7, 11) is -3.87. The molecule has 0 bridgehead atoms. The highest BCUT2D eigenvalue weighted by molar-refractivity contribution is 7.89. The van der Waals surface area contributed by atoms with Crippen LogP contribution in [0.2, 0.25) is 0 Å². The van der Waals surface area contributed by atoms with Crippen molar-refractivity contribution in [1.29, 1.82) is 0 Å². The lowest BCUT2D eigenvalue weighted by molar-refractivity contribution is -0.133. The lowest BCUT2D eigenvalue weighted by Gasteiger charge is -2.27. The molecule has 144 valence electrons. The Morgan fingerprint density at radius 3 is 2.33 bits per heavy atom. The molecule has 8 heteroatoms. The first-order valence-electron chi connectivity index (χ1n) is 8.81. The van der Waals surface area contributed by atoms with Gasteiger partial charge < -0.3 is 4.74 Å². The van der Waals surface area contributed by atoms with Crippen molar-refractivity contribution in [3.8, 4) is 11.5 Å². The van der Waals surface area contributed by atoms with Crippen LogP contribution in [0.15, 0.2) is 59.5 Å². The second-order valence-corrected chi connectivity index (χ2v) is 8.23. The molecule has 0 aliphatic carbocycles. The van der Waals surface area contributed by atoms with E-state index in [-0.39, 0.29) is 11.4 Å².